The summed E-state index contributed by atoms with van der Waals surface area (Å²) < 4.78 is 38.7. The van der Waals surface area contributed by atoms with E-state index < -0.39 is 23.4 Å². The highest BCUT2D eigenvalue weighted by molar-refractivity contribution is 5.96. The first kappa shape index (κ1) is 21.5. The number of methoxy groups -OCH3 is 2. The van der Waals surface area contributed by atoms with Gasteiger partial charge in [0.25, 0.3) is 11.8 Å². The largest absolute Gasteiger partial charge is 0.497 e. The number of amides is 2. The number of carbonyl (C=O) groups is 2. The van der Waals surface area contributed by atoms with Crippen LogP contribution < -0.4 is 9.47 Å². The standard InChI is InChI=1S/C22H24F2N2O4/c1-13-11-26(22(28)18-8-6-16(30-4)10-20(18)24)14(2)12-25(13)21(27)17-7-5-15(29-3)9-19(17)23/h5-10,13-14H,11-12H2,1-4H3. The fourth-order valence-electron chi connectivity index (χ4n) is 3.59. The fourth-order valence-corrected chi connectivity index (χ4v) is 3.59. The van der Waals surface area contributed by atoms with Crippen LogP contribution in [0.15, 0.2) is 36.4 Å². The summed E-state index contributed by atoms with van der Waals surface area (Å²) in [5, 5.41) is 0. The summed E-state index contributed by atoms with van der Waals surface area (Å²) in [5.41, 5.74) is -0.119. The van der Waals surface area contributed by atoms with E-state index in [1.807, 2.05) is 0 Å². The van der Waals surface area contributed by atoms with E-state index in [2.05, 4.69) is 0 Å². The highest BCUT2D eigenvalue weighted by Gasteiger charge is 2.36. The second-order valence-corrected chi connectivity index (χ2v) is 7.30. The van der Waals surface area contributed by atoms with Crippen LogP contribution in [0.4, 0.5) is 8.78 Å². The summed E-state index contributed by atoms with van der Waals surface area (Å²) in [7, 11) is 2.84. The van der Waals surface area contributed by atoms with Gasteiger partial charge in [0.2, 0.25) is 0 Å². The molecule has 0 N–H and O–H groups in total. The van der Waals surface area contributed by atoms with Crippen molar-refractivity contribution in [1.29, 1.82) is 0 Å². The van der Waals surface area contributed by atoms with Crippen molar-refractivity contribution >= 4 is 11.8 Å². The van der Waals surface area contributed by atoms with Gasteiger partial charge in [-0.25, -0.2) is 8.78 Å². The van der Waals surface area contributed by atoms with E-state index in [1.165, 1.54) is 48.3 Å². The number of benzene rings is 2. The summed E-state index contributed by atoms with van der Waals surface area (Å²) in [6.07, 6.45) is 0. The maximum atomic E-state index is 14.4. The van der Waals surface area contributed by atoms with Crippen LogP contribution in [0.25, 0.3) is 0 Å². The maximum absolute atomic E-state index is 14.4. The van der Waals surface area contributed by atoms with E-state index in [-0.39, 0.29) is 36.3 Å². The van der Waals surface area contributed by atoms with Crippen LogP contribution >= 0.6 is 0 Å². The molecule has 1 aliphatic rings. The first-order chi connectivity index (χ1) is 14.3. The molecule has 1 aliphatic heterocycles. The molecular weight excluding hydrogens is 394 g/mol. The minimum atomic E-state index is -0.669. The highest BCUT2D eigenvalue weighted by atomic mass is 19.1. The fraction of sp³-hybridized carbons (Fsp3) is 0.364. The minimum Gasteiger partial charge on any atom is -0.497 e. The van der Waals surface area contributed by atoms with Crippen LogP contribution in [-0.4, -0.2) is 61.0 Å². The quantitative estimate of drug-likeness (QED) is 0.764. The molecule has 0 saturated carbocycles. The molecule has 1 saturated heterocycles. The Morgan fingerprint density at radius 1 is 0.800 bits per heavy atom. The Labute approximate surface area is 174 Å². The molecule has 1 fully saturated rings. The first-order valence-corrected chi connectivity index (χ1v) is 9.55. The van der Waals surface area contributed by atoms with Gasteiger partial charge in [-0.05, 0) is 38.1 Å². The molecule has 2 amide bonds. The molecule has 2 aromatic rings. The SMILES string of the molecule is COc1ccc(C(=O)N2CC(C)N(C(=O)c3ccc(OC)cc3F)CC2C)c(F)c1. The number of piperazine rings is 1. The lowest BCUT2D eigenvalue weighted by atomic mass is 10.0. The molecule has 2 aromatic carbocycles. The Kier molecular flexibility index (Phi) is 6.24. The Bertz CT molecular complexity index is 889. The van der Waals surface area contributed by atoms with Gasteiger partial charge < -0.3 is 19.3 Å². The van der Waals surface area contributed by atoms with Crippen molar-refractivity contribution in [3.8, 4) is 11.5 Å². The lowest BCUT2D eigenvalue weighted by molar-refractivity contribution is 0.0265. The van der Waals surface area contributed by atoms with Crippen LogP contribution in [0.2, 0.25) is 0 Å². The number of carbonyl (C=O) groups excluding carboxylic acids is 2. The molecule has 1 heterocycles. The molecule has 160 valence electrons. The zero-order chi connectivity index (χ0) is 22.0. The molecule has 3 rings (SSSR count). The third-order valence-electron chi connectivity index (χ3n) is 5.32. The zero-order valence-electron chi connectivity index (χ0n) is 17.3. The normalized spacial score (nSPS) is 18.9. The number of nitrogens with zero attached hydrogens (tertiary/aromatic N) is 2. The van der Waals surface area contributed by atoms with E-state index in [1.54, 1.807) is 13.8 Å². The van der Waals surface area contributed by atoms with Gasteiger partial charge >= 0.3 is 0 Å². The molecule has 0 radical (unpaired) electrons. The van der Waals surface area contributed by atoms with Crippen LogP contribution in [0, 0.1) is 11.6 Å². The Morgan fingerprint density at radius 3 is 1.47 bits per heavy atom. The number of hydrogen-bond acceptors (Lipinski definition) is 4. The average Bonchev–Trinajstić information content (AvgIpc) is 2.73. The van der Waals surface area contributed by atoms with Crippen LogP contribution in [0.5, 0.6) is 11.5 Å². The van der Waals surface area contributed by atoms with Gasteiger partial charge in [-0.3, -0.25) is 9.59 Å². The molecular formula is C22H24F2N2O4. The van der Waals surface area contributed by atoms with Crippen LogP contribution in [0.3, 0.4) is 0 Å². The predicted octanol–water partition coefficient (Wildman–Crippen LogP) is 3.36. The monoisotopic (exact) mass is 418 g/mol. The van der Waals surface area contributed by atoms with Crippen molar-refractivity contribution in [3.05, 3.63) is 59.2 Å². The summed E-state index contributed by atoms with van der Waals surface area (Å²) in [6, 6.07) is 7.39. The Morgan fingerprint density at radius 2 is 1.17 bits per heavy atom. The molecule has 0 aromatic heterocycles. The Balaban J connectivity index is 1.78. The van der Waals surface area contributed by atoms with Crippen molar-refractivity contribution in [2.45, 2.75) is 25.9 Å². The van der Waals surface area contributed by atoms with Gasteiger partial charge in [0.1, 0.15) is 23.1 Å². The maximum Gasteiger partial charge on any atom is 0.257 e. The van der Waals surface area contributed by atoms with E-state index in [0.29, 0.717) is 11.5 Å². The predicted molar refractivity (Wildman–Crippen MR) is 107 cm³/mol. The van der Waals surface area contributed by atoms with Crippen molar-refractivity contribution in [3.63, 3.8) is 0 Å². The lowest BCUT2D eigenvalue weighted by Crippen LogP contribution is -2.59. The van der Waals surface area contributed by atoms with Gasteiger partial charge in [-0.2, -0.15) is 0 Å². The molecule has 8 heteroatoms. The molecule has 6 nitrogen and oxygen atoms in total. The third kappa shape index (κ3) is 4.08. The van der Waals surface area contributed by atoms with E-state index in [4.69, 9.17) is 9.47 Å². The first-order valence-electron chi connectivity index (χ1n) is 9.55. The second kappa shape index (κ2) is 8.69. The average molecular weight is 418 g/mol. The smallest absolute Gasteiger partial charge is 0.257 e. The molecule has 0 aliphatic carbocycles. The zero-order valence-corrected chi connectivity index (χ0v) is 17.3. The molecule has 2 atom stereocenters. The highest BCUT2D eigenvalue weighted by Crippen LogP contribution is 2.25. The van der Waals surface area contributed by atoms with E-state index in [0.717, 1.165) is 12.1 Å². The minimum absolute atomic E-state index is 0.0594. The van der Waals surface area contributed by atoms with Crippen LogP contribution in [0.1, 0.15) is 34.6 Å². The van der Waals surface area contributed by atoms with Gasteiger partial charge in [0, 0.05) is 37.3 Å². The number of hydrogen-bond donors (Lipinski definition) is 0. The van der Waals surface area contributed by atoms with Crippen molar-refractivity contribution in [2.75, 3.05) is 27.3 Å². The molecule has 30 heavy (non-hydrogen) atoms. The molecule has 0 bridgehead atoms. The summed E-state index contributed by atoms with van der Waals surface area (Å²) in [5.74, 6) is -1.62. The number of ether oxygens (including phenoxy) is 2. The van der Waals surface area contributed by atoms with Gasteiger partial charge in [0.05, 0.1) is 25.3 Å². The van der Waals surface area contributed by atoms with Gasteiger partial charge in [-0.1, -0.05) is 0 Å². The van der Waals surface area contributed by atoms with E-state index >= 15 is 0 Å². The number of halogens is 2. The lowest BCUT2D eigenvalue weighted by Gasteiger charge is -2.44. The van der Waals surface area contributed by atoms with E-state index in [9.17, 15) is 18.4 Å². The summed E-state index contributed by atoms with van der Waals surface area (Å²) in [4.78, 5) is 28.9. The van der Waals surface area contributed by atoms with Crippen molar-refractivity contribution in [1.82, 2.24) is 9.80 Å². The van der Waals surface area contributed by atoms with Crippen LogP contribution in [-0.2, 0) is 0 Å². The number of rotatable bonds is 4. The Hall–Kier alpha value is -3.16. The summed E-state index contributed by atoms with van der Waals surface area (Å²) in [6.45, 7) is 3.95. The van der Waals surface area contributed by atoms with Crippen molar-refractivity contribution < 1.29 is 27.8 Å². The van der Waals surface area contributed by atoms with Gasteiger partial charge in [-0.15, -0.1) is 0 Å². The molecule has 2 unspecified atom stereocenters. The van der Waals surface area contributed by atoms with Gasteiger partial charge in [0.15, 0.2) is 0 Å². The second-order valence-electron chi connectivity index (χ2n) is 7.30. The van der Waals surface area contributed by atoms with Crippen molar-refractivity contribution in [2.24, 2.45) is 0 Å². The summed E-state index contributed by atoms with van der Waals surface area (Å²) >= 11 is 0. The topological polar surface area (TPSA) is 59.1 Å². The molecule has 0 spiro atoms. The third-order valence-corrected chi connectivity index (χ3v) is 5.32.